The lowest BCUT2D eigenvalue weighted by molar-refractivity contribution is -0.146. The molecule has 1 rings (SSSR count). The van der Waals surface area contributed by atoms with Gasteiger partial charge in [-0.3, -0.25) is 10.1 Å². The fraction of sp³-hybridized carbons (Fsp3) is 0.667. The van der Waals surface area contributed by atoms with Gasteiger partial charge in [0.05, 0.1) is 24.6 Å². The molecule has 0 spiro atoms. The monoisotopic (exact) mass is 371 g/mol. The van der Waals surface area contributed by atoms with Crippen molar-refractivity contribution in [3.05, 3.63) is 22.4 Å². The molecule has 1 N–H and O–H groups in total. The van der Waals surface area contributed by atoms with Gasteiger partial charge in [0.15, 0.2) is 0 Å². The van der Waals surface area contributed by atoms with Crippen molar-refractivity contribution in [3.63, 3.8) is 0 Å². The number of carbonyl (C=O) groups excluding carboxylic acids is 2. The van der Waals surface area contributed by atoms with E-state index in [0.29, 0.717) is 13.0 Å². The normalized spacial score (nSPS) is 13.6. The molecular formula is C18H29NO5S. The first-order chi connectivity index (χ1) is 11.8. The topological polar surface area (TPSA) is 73.9 Å². The van der Waals surface area contributed by atoms with Gasteiger partial charge >= 0.3 is 12.1 Å². The lowest BCUT2D eigenvalue weighted by Gasteiger charge is -2.32. The number of hydrogen-bond donors (Lipinski definition) is 1. The summed E-state index contributed by atoms with van der Waals surface area (Å²) in [6.45, 7) is 10.3. The van der Waals surface area contributed by atoms with Crippen LogP contribution in [0.3, 0.4) is 0 Å². The van der Waals surface area contributed by atoms with E-state index < -0.39 is 11.9 Å². The first kappa shape index (κ1) is 21.4. The van der Waals surface area contributed by atoms with E-state index in [0.717, 1.165) is 4.88 Å². The maximum absolute atomic E-state index is 12.1. The van der Waals surface area contributed by atoms with Crippen molar-refractivity contribution in [1.29, 1.82) is 0 Å². The highest BCUT2D eigenvalue weighted by Crippen LogP contribution is 2.31. The van der Waals surface area contributed by atoms with Crippen LogP contribution in [0.1, 0.15) is 45.9 Å². The van der Waals surface area contributed by atoms with E-state index in [4.69, 9.17) is 14.2 Å². The second-order valence-electron chi connectivity index (χ2n) is 6.65. The van der Waals surface area contributed by atoms with Crippen LogP contribution in [0.5, 0.6) is 0 Å². The van der Waals surface area contributed by atoms with Gasteiger partial charge in [0.2, 0.25) is 5.72 Å². The number of ether oxygens (including phenoxy) is 3. The van der Waals surface area contributed by atoms with Crippen molar-refractivity contribution >= 4 is 23.5 Å². The fourth-order valence-electron chi connectivity index (χ4n) is 1.99. The zero-order valence-electron chi connectivity index (χ0n) is 15.7. The summed E-state index contributed by atoms with van der Waals surface area (Å²) in [5.74, 6) is 0.0888. The predicted molar refractivity (Wildman–Crippen MR) is 97.4 cm³/mol. The number of nitrogens with one attached hydrogen (secondary N) is 1. The molecule has 0 aliphatic rings. The third-order valence-corrected chi connectivity index (χ3v) is 4.32. The molecule has 1 aromatic heterocycles. The molecule has 142 valence electrons. The highest BCUT2D eigenvalue weighted by atomic mass is 32.1. The molecule has 1 aromatic rings. The Morgan fingerprint density at radius 1 is 1.16 bits per heavy atom. The molecule has 0 aromatic carbocycles. The van der Waals surface area contributed by atoms with Crippen molar-refractivity contribution in [2.24, 2.45) is 11.8 Å². The zero-order chi connectivity index (χ0) is 18.9. The van der Waals surface area contributed by atoms with Crippen LogP contribution in [0.25, 0.3) is 0 Å². The predicted octanol–water partition coefficient (Wildman–Crippen LogP) is 3.91. The van der Waals surface area contributed by atoms with Crippen molar-refractivity contribution in [3.8, 4) is 0 Å². The maximum Gasteiger partial charge on any atom is 0.510 e. The molecule has 1 atom stereocenters. The van der Waals surface area contributed by atoms with E-state index in [9.17, 15) is 9.59 Å². The van der Waals surface area contributed by atoms with Gasteiger partial charge in [0, 0.05) is 6.42 Å². The van der Waals surface area contributed by atoms with E-state index in [1.807, 2.05) is 52.1 Å². The molecule has 0 saturated heterocycles. The van der Waals surface area contributed by atoms with E-state index in [2.05, 4.69) is 5.32 Å². The second kappa shape index (κ2) is 10.4. The molecule has 0 bridgehead atoms. The van der Waals surface area contributed by atoms with Crippen molar-refractivity contribution in [2.75, 3.05) is 19.8 Å². The van der Waals surface area contributed by atoms with Gasteiger partial charge in [-0.2, -0.15) is 0 Å². The van der Waals surface area contributed by atoms with E-state index in [1.165, 1.54) is 11.3 Å². The fourth-order valence-corrected chi connectivity index (χ4v) is 2.89. The molecule has 0 amide bonds. The Kier molecular flexibility index (Phi) is 8.92. The third-order valence-electron chi connectivity index (χ3n) is 3.31. The quantitative estimate of drug-likeness (QED) is 0.496. The highest BCUT2D eigenvalue weighted by molar-refractivity contribution is 7.10. The molecule has 0 aliphatic heterocycles. The standard InChI is InChI=1S/C18H29NO5S/c1-6-18(15-8-7-9-25-15,24-17(21)23-12-14(4)5)19-10-16(20)22-11-13(2)3/h7-9,13-14,19H,6,10-12H2,1-5H3/t18-/m0/s1. The van der Waals surface area contributed by atoms with Gasteiger partial charge < -0.3 is 14.2 Å². The Hall–Kier alpha value is -1.60. The van der Waals surface area contributed by atoms with Crippen molar-refractivity contribution in [2.45, 2.75) is 46.8 Å². The number of hydrogen-bond acceptors (Lipinski definition) is 7. The smallest absolute Gasteiger partial charge is 0.464 e. The number of carbonyl (C=O) groups is 2. The van der Waals surface area contributed by atoms with Gasteiger partial charge in [-0.05, 0) is 23.3 Å². The first-order valence-corrected chi connectivity index (χ1v) is 9.47. The summed E-state index contributed by atoms with van der Waals surface area (Å²) < 4.78 is 15.9. The molecule has 0 saturated carbocycles. The molecule has 6 nitrogen and oxygen atoms in total. The lowest BCUT2D eigenvalue weighted by atomic mass is 10.1. The van der Waals surface area contributed by atoms with Crippen LogP contribution in [0, 0.1) is 11.8 Å². The van der Waals surface area contributed by atoms with Crippen LogP contribution in [0.15, 0.2) is 17.5 Å². The molecule has 0 radical (unpaired) electrons. The summed E-state index contributed by atoms with van der Waals surface area (Å²) >= 11 is 1.44. The van der Waals surface area contributed by atoms with Crippen LogP contribution in [-0.4, -0.2) is 31.9 Å². The van der Waals surface area contributed by atoms with Gasteiger partial charge in [-0.1, -0.05) is 40.7 Å². The maximum atomic E-state index is 12.1. The van der Waals surface area contributed by atoms with Gasteiger partial charge in [0.1, 0.15) is 0 Å². The van der Waals surface area contributed by atoms with Crippen LogP contribution >= 0.6 is 11.3 Å². The summed E-state index contributed by atoms with van der Waals surface area (Å²) in [6, 6.07) is 3.72. The van der Waals surface area contributed by atoms with Gasteiger partial charge in [-0.25, -0.2) is 4.79 Å². The summed E-state index contributed by atoms with van der Waals surface area (Å²) in [6.07, 6.45) is -0.311. The van der Waals surface area contributed by atoms with Gasteiger partial charge in [0.25, 0.3) is 0 Å². The second-order valence-corrected chi connectivity index (χ2v) is 7.59. The molecule has 7 heteroatoms. The highest BCUT2D eigenvalue weighted by Gasteiger charge is 2.37. The Morgan fingerprint density at radius 2 is 1.80 bits per heavy atom. The minimum atomic E-state index is -1.11. The Bertz CT molecular complexity index is 530. The third kappa shape index (κ3) is 7.44. The summed E-state index contributed by atoms with van der Waals surface area (Å²) in [4.78, 5) is 24.8. The SMILES string of the molecule is CC[C@](NCC(=O)OCC(C)C)(OC(=O)OCC(C)C)c1cccs1. The van der Waals surface area contributed by atoms with Crippen LogP contribution in [-0.2, 0) is 24.7 Å². The zero-order valence-corrected chi connectivity index (χ0v) is 16.5. The number of esters is 1. The van der Waals surface area contributed by atoms with Crippen LogP contribution in [0.4, 0.5) is 4.79 Å². The first-order valence-electron chi connectivity index (χ1n) is 8.59. The van der Waals surface area contributed by atoms with E-state index in [1.54, 1.807) is 0 Å². The van der Waals surface area contributed by atoms with Crippen LogP contribution in [0.2, 0.25) is 0 Å². The molecule has 0 aliphatic carbocycles. The molecule has 0 fully saturated rings. The molecular weight excluding hydrogens is 342 g/mol. The molecule has 0 unspecified atom stereocenters. The molecule has 1 heterocycles. The largest absolute Gasteiger partial charge is 0.510 e. The van der Waals surface area contributed by atoms with Crippen LogP contribution < -0.4 is 5.32 Å². The van der Waals surface area contributed by atoms with Crippen molar-refractivity contribution < 1.29 is 23.8 Å². The van der Waals surface area contributed by atoms with Crippen molar-refractivity contribution in [1.82, 2.24) is 5.32 Å². The number of thiophene rings is 1. The Morgan fingerprint density at radius 3 is 2.32 bits per heavy atom. The molecule has 25 heavy (non-hydrogen) atoms. The Balaban J connectivity index is 2.78. The van der Waals surface area contributed by atoms with E-state index in [-0.39, 0.29) is 31.0 Å². The number of rotatable bonds is 10. The average molecular weight is 371 g/mol. The summed E-state index contributed by atoms with van der Waals surface area (Å²) in [5, 5.41) is 4.93. The average Bonchev–Trinajstić information content (AvgIpc) is 3.10. The van der Waals surface area contributed by atoms with Gasteiger partial charge in [-0.15, -0.1) is 11.3 Å². The lowest BCUT2D eigenvalue weighted by Crippen LogP contribution is -2.48. The minimum absolute atomic E-state index is 0.0596. The summed E-state index contributed by atoms with van der Waals surface area (Å²) in [5.41, 5.74) is -1.11. The Labute approximate surface area is 153 Å². The minimum Gasteiger partial charge on any atom is -0.464 e. The summed E-state index contributed by atoms with van der Waals surface area (Å²) in [7, 11) is 0. The van der Waals surface area contributed by atoms with E-state index >= 15 is 0 Å².